The number of halogens is 1. The third kappa shape index (κ3) is 3.02. The number of aromatic nitrogens is 1. The van der Waals surface area contributed by atoms with Gasteiger partial charge in [-0.25, -0.2) is 0 Å². The third-order valence-electron chi connectivity index (χ3n) is 6.19. The minimum absolute atomic E-state index is 0.0102. The van der Waals surface area contributed by atoms with Gasteiger partial charge in [-0.15, -0.1) is 0 Å². The van der Waals surface area contributed by atoms with Crippen LogP contribution >= 0.6 is 11.6 Å². The average molecular weight is 359 g/mol. The second-order valence-corrected chi connectivity index (χ2v) is 9.18. The third-order valence-corrected chi connectivity index (χ3v) is 6.44. The van der Waals surface area contributed by atoms with E-state index in [4.69, 9.17) is 16.1 Å². The highest BCUT2D eigenvalue weighted by Crippen LogP contribution is 2.51. The molecule has 0 spiro atoms. The molecule has 3 nitrogen and oxygen atoms in total. The van der Waals surface area contributed by atoms with Gasteiger partial charge in [0.25, 0.3) is 0 Å². The lowest BCUT2D eigenvalue weighted by Gasteiger charge is -2.42. The Labute approximate surface area is 155 Å². The molecule has 2 unspecified atom stereocenters. The molecule has 4 heteroatoms. The largest absolute Gasteiger partial charge is 0.361 e. The Hall–Kier alpha value is -1.32. The first kappa shape index (κ1) is 17.1. The molecule has 2 aliphatic heterocycles. The summed E-state index contributed by atoms with van der Waals surface area (Å²) >= 11 is 6.11. The summed E-state index contributed by atoms with van der Waals surface area (Å²) in [5.41, 5.74) is 2.42. The first-order valence-electron chi connectivity index (χ1n) is 9.29. The van der Waals surface area contributed by atoms with Gasteiger partial charge in [0.05, 0.1) is 5.69 Å². The van der Waals surface area contributed by atoms with Gasteiger partial charge in [0.1, 0.15) is 5.76 Å². The zero-order valence-corrected chi connectivity index (χ0v) is 16.3. The highest BCUT2D eigenvalue weighted by atomic mass is 35.5. The van der Waals surface area contributed by atoms with E-state index < -0.39 is 0 Å². The van der Waals surface area contributed by atoms with E-state index in [1.54, 1.807) is 0 Å². The number of likely N-dealkylation sites (N-methyl/N-ethyl adjacent to an activating group) is 1. The molecule has 2 aromatic rings. The fourth-order valence-electron chi connectivity index (χ4n) is 4.71. The van der Waals surface area contributed by atoms with E-state index in [-0.39, 0.29) is 5.41 Å². The highest BCUT2D eigenvalue weighted by Gasteiger charge is 2.48. The average Bonchev–Trinajstić information content (AvgIpc) is 3.12. The van der Waals surface area contributed by atoms with Crippen molar-refractivity contribution in [2.75, 3.05) is 7.05 Å². The molecule has 25 heavy (non-hydrogen) atoms. The molecule has 1 aromatic heterocycles. The molecule has 1 aromatic carbocycles. The topological polar surface area (TPSA) is 29.3 Å². The number of rotatable bonds is 2. The van der Waals surface area contributed by atoms with Crippen LogP contribution in [0.3, 0.4) is 0 Å². The molecular formula is C21H27ClN2O. The van der Waals surface area contributed by atoms with Crippen molar-refractivity contribution < 1.29 is 4.52 Å². The van der Waals surface area contributed by atoms with Gasteiger partial charge in [-0.3, -0.25) is 4.90 Å². The van der Waals surface area contributed by atoms with E-state index in [0.29, 0.717) is 23.9 Å². The maximum Gasteiger partial charge on any atom is 0.142 e. The molecule has 0 saturated carbocycles. The molecule has 2 saturated heterocycles. The van der Waals surface area contributed by atoms with Crippen molar-refractivity contribution in [1.82, 2.24) is 10.1 Å². The summed E-state index contributed by atoms with van der Waals surface area (Å²) in [6.45, 7) is 6.55. The first-order valence-corrected chi connectivity index (χ1v) is 9.67. The van der Waals surface area contributed by atoms with Crippen LogP contribution in [0.2, 0.25) is 5.02 Å². The van der Waals surface area contributed by atoms with Crippen molar-refractivity contribution in [3.8, 4) is 0 Å². The predicted molar refractivity (Wildman–Crippen MR) is 101 cm³/mol. The van der Waals surface area contributed by atoms with Gasteiger partial charge in [0, 0.05) is 34.5 Å². The van der Waals surface area contributed by atoms with Crippen LogP contribution in [0.4, 0.5) is 0 Å². The predicted octanol–water partition coefficient (Wildman–Crippen LogP) is 5.36. The van der Waals surface area contributed by atoms with Crippen LogP contribution in [0, 0.1) is 0 Å². The smallest absolute Gasteiger partial charge is 0.142 e. The maximum atomic E-state index is 6.11. The van der Waals surface area contributed by atoms with Crippen molar-refractivity contribution in [3.05, 3.63) is 52.4 Å². The van der Waals surface area contributed by atoms with Crippen LogP contribution in [0.5, 0.6) is 0 Å². The summed E-state index contributed by atoms with van der Waals surface area (Å²) < 4.78 is 5.90. The van der Waals surface area contributed by atoms with Crippen LogP contribution in [-0.4, -0.2) is 29.2 Å². The maximum absolute atomic E-state index is 6.11. The molecule has 0 amide bonds. The Morgan fingerprint density at radius 3 is 2.52 bits per heavy atom. The summed E-state index contributed by atoms with van der Waals surface area (Å²) in [7, 11) is 2.27. The van der Waals surface area contributed by atoms with Crippen LogP contribution in [-0.2, 0) is 5.41 Å². The molecule has 2 aliphatic rings. The van der Waals surface area contributed by atoms with E-state index in [1.165, 1.54) is 24.8 Å². The Kier molecular flexibility index (Phi) is 4.20. The summed E-state index contributed by atoms with van der Waals surface area (Å²) in [4.78, 5) is 2.57. The fraction of sp³-hybridized carbons (Fsp3) is 0.571. The second-order valence-electron chi connectivity index (χ2n) is 8.75. The monoisotopic (exact) mass is 358 g/mol. The molecule has 2 bridgehead atoms. The number of nitrogens with zero attached hydrogens (tertiary/aromatic N) is 2. The van der Waals surface area contributed by atoms with E-state index in [1.807, 2.05) is 12.1 Å². The second kappa shape index (κ2) is 6.14. The molecule has 0 radical (unpaired) electrons. The van der Waals surface area contributed by atoms with E-state index in [2.05, 4.69) is 56.1 Å². The zero-order valence-electron chi connectivity index (χ0n) is 15.5. The summed E-state index contributed by atoms with van der Waals surface area (Å²) in [5.74, 6) is 1.86. The fourth-order valence-corrected chi connectivity index (χ4v) is 4.83. The lowest BCUT2D eigenvalue weighted by Crippen LogP contribution is -2.44. The zero-order chi connectivity index (χ0) is 17.8. The SMILES string of the molecule is CN1C2CC[C@@H]1CC(c1ccc(Cl)cc1)[C@@H]2c1cc(C(C)(C)C)no1. The van der Waals surface area contributed by atoms with Gasteiger partial charge in [0.15, 0.2) is 0 Å². The lowest BCUT2D eigenvalue weighted by molar-refractivity contribution is 0.122. The Balaban J connectivity index is 1.74. The van der Waals surface area contributed by atoms with E-state index in [9.17, 15) is 0 Å². The molecule has 0 aliphatic carbocycles. The van der Waals surface area contributed by atoms with Gasteiger partial charge < -0.3 is 4.52 Å². The van der Waals surface area contributed by atoms with Crippen LogP contribution < -0.4 is 0 Å². The summed E-state index contributed by atoms with van der Waals surface area (Å²) in [5, 5.41) is 5.19. The van der Waals surface area contributed by atoms with E-state index in [0.717, 1.165) is 16.5 Å². The molecular weight excluding hydrogens is 332 g/mol. The molecule has 2 fully saturated rings. The van der Waals surface area contributed by atoms with Crippen LogP contribution in [0.1, 0.15) is 68.9 Å². The van der Waals surface area contributed by atoms with Gasteiger partial charge in [-0.2, -0.15) is 0 Å². The Bertz CT molecular complexity index is 746. The number of hydrogen-bond donors (Lipinski definition) is 0. The van der Waals surface area contributed by atoms with Gasteiger partial charge >= 0.3 is 0 Å². The number of benzene rings is 1. The van der Waals surface area contributed by atoms with Crippen LogP contribution in [0.25, 0.3) is 0 Å². The standard InChI is InChI=1S/C21H27ClN2O/c1-21(2,3)19-12-18(25-23-19)20-16(13-5-7-14(22)8-6-13)11-15-9-10-17(20)24(15)4/h5-8,12,15-17,20H,9-11H2,1-4H3/t15-,16?,17?,20+/m1/s1. The molecule has 134 valence electrons. The van der Waals surface area contributed by atoms with Crippen molar-refractivity contribution >= 4 is 11.6 Å². The normalized spacial score (nSPS) is 30.0. The minimum atomic E-state index is 0.0102. The molecule has 4 atom stereocenters. The van der Waals surface area contributed by atoms with Gasteiger partial charge in [-0.05, 0) is 49.9 Å². The molecule has 3 heterocycles. The molecule has 0 N–H and O–H groups in total. The van der Waals surface area contributed by atoms with Crippen molar-refractivity contribution in [2.24, 2.45) is 0 Å². The van der Waals surface area contributed by atoms with Crippen molar-refractivity contribution in [3.63, 3.8) is 0 Å². The summed E-state index contributed by atoms with van der Waals surface area (Å²) in [6, 6.07) is 11.8. The van der Waals surface area contributed by atoms with Crippen molar-refractivity contribution in [1.29, 1.82) is 0 Å². The van der Waals surface area contributed by atoms with Gasteiger partial charge in [-0.1, -0.05) is 49.7 Å². The van der Waals surface area contributed by atoms with Crippen molar-refractivity contribution in [2.45, 2.75) is 69.4 Å². The van der Waals surface area contributed by atoms with Gasteiger partial charge in [0.2, 0.25) is 0 Å². The number of piperidine rings is 1. The Morgan fingerprint density at radius 1 is 1.16 bits per heavy atom. The molecule has 4 rings (SSSR count). The first-order chi connectivity index (χ1) is 11.8. The summed E-state index contributed by atoms with van der Waals surface area (Å²) in [6.07, 6.45) is 3.69. The minimum Gasteiger partial charge on any atom is -0.361 e. The van der Waals surface area contributed by atoms with Crippen LogP contribution in [0.15, 0.2) is 34.9 Å². The number of fused-ring (bicyclic) bond motifs is 2. The van der Waals surface area contributed by atoms with E-state index >= 15 is 0 Å². The quantitative estimate of drug-likeness (QED) is 0.723. The highest BCUT2D eigenvalue weighted by molar-refractivity contribution is 6.30. The Morgan fingerprint density at radius 2 is 1.88 bits per heavy atom. The lowest BCUT2D eigenvalue weighted by atomic mass is 9.74. The number of hydrogen-bond acceptors (Lipinski definition) is 3.